The molecule has 0 amide bonds. The van der Waals surface area contributed by atoms with Gasteiger partial charge in [-0.2, -0.15) is 0 Å². The van der Waals surface area contributed by atoms with E-state index in [-0.39, 0.29) is 6.04 Å². The molecular weight excluding hydrogens is 210 g/mol. The normalized spacial score (nSPS) is 13.6. The molecule has 0 saturated carbocycles. The second-order valence-electron chi connectivity index (χ2n) is 2.35. The van der Waals surface area contributed by atoms with Crippen molar-refractivity contribution >= 4 is 27.3 Å². The molecular formula is C7H10BrNS. The van der Waals surface area contributed by atoms with Gasteiger partial charge in [-0.15, -0.1) is 11.3 Å². The SMILES string of the molecule is Cc1sc(Br)cc1C(C)N. The first kappa shape index (κ1) is 8.24. The summed E-state index contributed by atoms with van der Waals surface area (Å²) in [6.45, 7) is 4.09. The van der Waals surface area contributed by atoms with Gasteiger partial charge in [-0.3, -0.25) is 0 Å². The number of hydrogen-bond donors (Lipinski definition) is 1. The van der Waals surface area contributed by atoms with E-state index in [1.165, 1.54) is 10.4 Å². The van der Waals surface area contributed by atoms with E-state index in [9.17, 15) is 0 Å². The molecule has 1 nitrogen and oxygen atoms in total. The summed E-state index contributed by atoms with van der Waals surface area (Å²) in [6, 6.07) is 2.24. The average molecular weight is 220 g/mol. The van der Waals surface area contributed by atoms with Crippen LogP contribution in [0.3, 0.4) is 0 Å². The fourth-order valence-corrected chi connectivity index (χ4v) is 2.73. The van der Waals surface area contributed by atoms with E-state index >= 15 is 0 Å². The number of hydrogen-bond acceptors (Lipinski definition) is 2. The van der Waals surface area contributed by atoms with Gasteiger partial charge in [0.25, 0.3) is 0 Å². The Kier molecular flexibility index (Phi) is 2.50. The molecule has 0 fully saturated rings. The molecule has 1 atom stereocenters. The highest BCUT2D eigenvalue weighted by Gasteiger charge is 2.06. The molecule has 0 aliphatic rings. The summed E-state index contributed by atoms with van der Waals surface area (Å²) in [5.41, 5.74) is 6.96. The van der Waals surface area contributed by atoms with E-state index in [4.69, 9.17) is 5.73 Å². The van der Waals surface area contributed by atoms with Crippen LogP contribution in [0.25, 0.3) is 0 Å². The van der Waals surface area contributed by atoms with Crippen LogP contribution in [0.5, 0.6) is 0 Å². The Morgan fingerprint density at radius 2 is 2.30 bits per heavy atom. The molecule has 56 valence electrons. The van der Waals surface area contributed by atoms with Gasteiger partial charge in [-0.05, 0) is 41.4 Å². The van der Waals surface area contributed by atoms with Gasteiger partial charge >= 0.3 is 0 Å². The van der Waals surface area contributed by atoms with E-state index in [0.717, 1.165) is 3.79 Å². The molecule has 1 unspecified atom stereocenters. The Morgan fingerprint density at radius 3 is 2.50 bits per heavy atom. The molecule has 1 heterocycles. The van der Waals surface area contributed by atoms with E-state index in [2.05, 4.69) is 28.9 Å². The van der Waals surface area contributed by atoms with Crippen LogP contribution in [0.1, 0.15) is 23.4 Å². The second kappa shape index (κ2) is 3.03. The summed E-state index contributed by atoms with van der Waals surface area (Å²) < 4.78 is 1.16. The highest BCUT2D eigenvalue weighted by atomic mass is 79.9. The zero-order valence-corrected chi connectivity index (χ0v) is 8.42. The first-order valence-electron chi connectivity index (χ1n) is 3.12. The van der Waals surface area contributed by atoms with Crippen LogP contribution in [0.4, 0.5) is 0 Å². The van der Waals surface area contributed by atoms with E-state index < -0.39 is 0 Å². The highest BCUT2D eigenvalue weighted by Crippen LogP contribution is 2.29. The van der Waals surface area contributed by atoms with Gasteiger partial charge in [0.15, 0.2) is 0 Å². The lowest BCUT2D eigenvalue weighted by atomic mass is 10.1. The van der Waals surface area contributed by atoms with Crippen LogP contribution in [0, 0.1) is 6.92 Å². The summed E-state index contributed by atoms with van der Waals surface area (Å²) >= 11 is 5.15. The first-order chi connectivity index (χ1) is 4.61. The molecule has 10 heavy (non-hydrogen) atoms. The molecule has 2 N–H and O–H groups in total. The molecule has 1 rings (SSSR count). The van der Waals surface area contributed by atoms with Crippen molar-refractivity contribution in [2.45, 2.75) is 19.9 Å². The third-order valence-electron chi connectivity index (χ3n) is 1.42. The van der Waals surface area contributed by atoms with E-state index in [0.29, 0.717) is 0 Å². The van der Waals surface area contributed by atoms with Crippen molar-refractivity contribution < 1.29 is 0 Å². The van der Waals surface area contributed by atoms with E-state index in [1.807, 2.05) is 6.92 Å². The molecule has 0 bridgehead atoms. The average Bonchev–Trinajstić information content (AvgIpc) is 2.10. The number of nitrogens with two attached hydrogens (primary N) is 1. The lowest BCUT2D eigenvalue weighted by Crippen LogP contribution is -2.04. The molecule has 0 aromatic carbocycles. The van der Waals surface area contributed by atoms with Gasteiger partial charge in [-0.25, -0.2) is 0 Å². The molecule has 0 spiro atoms. The topological polar surface area (TPSA) is 26.0 Å². The fraction of sp³-hybridized carbons (Fsp3) is 0.429. The predicted molar refractivity (Wildman–Crippen MR) is 49.4 cm³/mol. The first-order valence-corrected chi connectivity index (χ1v) is 4.73. The van der Waals surface area contributed by atoms with Gasteiger partial charge in [0, 0.05) is 10.9 Å². The van der Waals surface area contributed by atoms with Crippen molar-refractivity contribution in [3.63, 3.8) is 0 Å². The third-order valence-corrected chi connectivity index (χ3v) is 2.99. The molecule has 0 aliphatic heterocycles. The smallest absolute Gasteiger partial charge is 0.0704 e. The number of rotatable bonds is 1. The van der Waals surface area contributed by atoms with Crippen LogP contribution >= 0.6 is 27.3 Å². The van der Waals surface area contributed by atoms with Crippen molar-refractivity contribution in [3.05, 3.63) is 20.3 Å². The fourth-order valence-electron chi connectivity index (χ4n) is 0.911. The van der Waals surface area contributed by atoms with Crippen LogP contribution in [-0.4, -0.2) is 0 Å². The molecule has 1 aromatic heterocycles. The van der Waals surface area contributed by atoms with Crippen molar-refractivity contribution in [1.82, 2.24) is 0 Å². The number of thiophene rings is 1. The molecule has 0 aliphatic carbocycles. The van der Waals surface area contributed by atoms with Crippen LogP contribution in [0.2, 0.25) is 0 Å². The quantitative estimate of drug-likeness (QED) is 0.773. The standard InChI is InChI=1S/C7H10BrNS/c1-4(9)6-3-7(8)10-5(6)2/h3-4H,9H2,1-2H3. The van der Waals surface area contributed by atoms with Crippen molar-refractivity contribution in [3.8, 4) is 0 Å². The van der Waals surface area contributed by atoms with Crippen LogP contribution in [-0.2, 0) is 0 Å². The summed E-state index contributed by atoms with van der Waals surface area (Å²) in [5, 5.41) is 0. The Bertz CT molecular complexity index is 230. The Morgan fingerprint density at radius 1 is 1.70 bits per heavy atom. The molecule has 3 heteroatoms. The van der Waals surface area contributed by atoms with Crippen LogP contribution in [0.15, 0.2) is 9.85 Å². The highest BCUT2D eigenvalue weighted by molar-refractivity contribution is 9.11. The van der Waals surface area contributed by atoms with Crippen molar-refractivity contribution in [2.75, 3.05) is 0 Å². The van der Waals surface area contributed by atoms with Gasteiger partial charge in [0.2, 0.25) is 0 Å². The molecule has 0 saturated heterocycles. The lowest BCUT2D eigenvalue weighted by Gasteiger charge is -2.01. The van der Waals surface area contributed by atoms with Crippen molar-refractivity contribution in [2.24, 2.45) is 5.73 Å². The minimum absolute atomic E-state index is 0.155. The number of aryl methyl sites for hydroxylation is 1. The minimum Gasteiger partial charge on any atom is -0.324 e. The van der Waals surface area contributed by atoms with Gasteiger partial charge < -0.3 is 5.73 Å². The monoisotopic (exact) mass is 219 g/mol. The Balaban J connectivity index is 3.03. The third kappa shape index (κ3) is 1.59. The van der Waals surface area contributed by atoms with E-state index in [1.54, 1.807) is 11.3 Å². The minimum atomic E-state index is 0.155. The maximum absolute atomic E-state index is 5.71. The Labute approximate surface area is 73.4 Å². The van der Waals surface area contributed by atoms with Gasteiger partial charge in [-0.1, -0.05) is 0 Å². The zero-order valence-electron chi connectivity index (χ0n) is 6.02. The summed E-state index contributed by atoms with van der Waals surface area (Å²) in [4.78, 5) is 1.31. The zero-order chi connectivity index (χ0) is 7.72. The molecule has 1 aromatic rings. The maximum atomic E-state index is 5.71. The molecule has 0 radical (unpaired) electrons. The summed E-state index contributed by atoms with van der Waals surface area (Å²) in [7, 11) is 0. The maximum Gasteiger partial charge on any atom is 0.0704 e. The lowest BCUT2D eigenvalue weighted by molar-refractivity contribution is 0.816. The van der Waals surface area contributed by atoms with Gasteiger partial charge in [0.05, 0.1) is 3.79 Å². The largest absolute Gasteiger partial charge is 0.324 e. The number of halogens is 1. The van der Waals surface area contributed by atoms with Crippen LogP contribution < -0.4 is 5.73 Å². The summed E-state index contributed by atoms with van der Waals surface area (Å²) in [6.07, 6.45) is 0. The van der Waals surface area contributed by atoms with Gasteiger partial charge in [0.1, 0.15) is 0 Å². The predicted octanol–water partition coefficient (Wildman–Crippen LogP) is 2.84. The van der Waals surface area contributed by atoms with Crippen molar-refractivity contribution in [1.29, 1.82) is 0 Å². The summed E-state index contributed by atoms with van der Waals surface area (Å²) in [5.74, 6) is 0. The Hall–Kier alpha value is 0.140. The second-order valence-corrected chi connectivity index (χ2v) is 4.99.